The van der Waals surface area contributed by atoms with Crippen LogP contribution in [0.1, 0.15) is 31.8 Å². The van der Waals surface area contributed by atoms with Crippen LogP contribution in [0.15, 0.2) is 106 Å². The van der Waals surface area contributed by atoms with Crippen LogP contribution >= 0.6 is 31.9 Å². The zero-order valence-corrected chi connectivity index (χ0v) is 19.0. The highest BCUT2D eigenvalue weighted by Crippen LogP contribution is 2.23. The van der Waals surface area contributed by atoms with Crippen LogP contribution in [-0.2, 0) is 0 Å². The topological polar surface area (TPSA) is 34.1 Å². The molecule has 30 heavy (non-hydrogen) atoms. The molecule has 0 unspecified atom stereocenters. The molecule has 0 N–H and O–H groups in total. The van der Waals surface area contributed by atoms with E-state index in [-0.39, 0.29) is 11.6 Å². The Morgan fingerprint density at radius 2 is 0.633 bits per heavy atom. The summed E-state index contributed by atoms with van der Waals surface area (Å²) in [6, 6.07) is 29.7. The minimum absolute atomic E-state index is 0.00973. The van der Waals surface area contributed by atoms with Crippen LogP contribution in [0.5, 0.6) is 0 Å². The van der Waals surface area contributed by atoms with E-state index in [1.54, 1.807) is 0 Å². The van der Waals surface area contributed by atoms with Crippen LogP contribution in [-0.4, -0.2) is 11.6 Å². The van der Waals surface area contributed by atoms with Gasteiger partial charge in [-0.3, -0.25) is 9.59 Å². The molecule has 0 heterocycles. The van der Waals surface area contributed by atoms with Crippen molar-refractivity contribution in [2.45, 2.75) is 0 Å². The van der Waals surface area contributed by atoms with Gasteiger partial charge in [0, 0.05) is 31.2 Å². The number of ketones is 2. The quantitative estimate of drug-likeness (QED) is 0.258. The molecule has 4 rings (SSSR count). The number of hydrogen-bond acceptors (Lipinski definition) is 2. The molecule has 0 saturated heterocycles. The third kappa shape index (κ3) is 4.50. The Balaban J connectivity index is 1.52. The molecule has 0 aliphatic rings. The number of rotatable bonds is 5. The van der Waals surface area contributed by atoms with Gasteiger partial charge in [-0.05, 0) is 59.7 Å². The highest BCUT2D eigenvalue weighted by Gasteiger charge is 2.11. The summed E-state index contributed by atoms with van der Waals surface area (Å²) in [5.74, 6) is -0.0195. The fourth-order valence-corrected chi connectivity index (χ4v) is 3.69. The molecule has 0 atom stereocenters. The molecule has 0 spiro atoms. The lowest BCUT2D eigenvalue weighted by Crippen LogP contribution is -2.01. The summed E-state index contributed by atoms with van der Waals surface area (Å²) in [5.41, 5.74) is 4.57. The lowest BCUT2D eigenvalue weighted by atomic mass is 9.97. The lowest BCUT2D eigenvalue weighted by Gasteiger charge is -2.06. The second-order valence-electron chi connectivity index (χ2n) is 6.83. The van der Waals surface area contributed by atoms with Crippen LogP contribution in [0.2, 0.25) is 0 Å². The van der Waals surface area contributed by atoms with Crippen molar-refractivity contribution in [2.24, 2.45) is 0 Å². The number of carbonyl (C=O) groups is 2. The summed E-state index contributed by atoms with van der Waals surface area (Å²) in [6.07, 6.45) is 0. The predicted molar refractivity (Wildman–Crippen MR) is 127 cm³/mol. The van der Waals surface area contributed by atoms with Gasteiger partial charge in [0.25, 0.3) is 0 Å². The molecule has 0 aliphatic heterocycles. The monoisotopic (exact) mass is 518 g/mol. The first kappa shape index (κ1) is 20.5. The Morgan fingerprint density at radius 1 is 0.400 bits per heavy atom. The molecule has 4 aromatic rings. The molecule has 4 aromatic carbocycles. The minimum atomic E-state index is -0.00973. The van der Waals surface area contributed by atoms with Gasteiger partial charge in [0.1, 0.15) is 0 Å². The van der Waals surface area contributed by atoms with Gasteiger partial charge in [0.15, 0.2) is 11.6 Å². The molecule has 0 radical (unpaired) electrons. The Kier molecular flexibility index (Phi) is 6.07. The first-order chi connectivity index (χ1) is 14.5. The van der Waals surface area contributed by atoms with Crippen molar-refractivity contribution in [1.29, 1.82) is 0 Å². The highest BCUT2D eigenvalue weighted by molar-refractivity contribution is 9.10. The smallest absolute Gasteiger partial charge is 0.193 e. The number of hydrogen-bond donors (Lipinski definition) is 0. The molecule has 0 aromatic heterocycles. The number of halogens is 2. The van der Waals surface area contributed by atoms with E-state index < -0.39 is 0 Å². The van der Waals surface area contributed by atoms with Crippen LogP contribution in [0.4, 0.5) is 0 Å². The maximum Gasteiger partial charge on any atom is 0.193 e. The highest BCUT2D eigenvalue weighted by atomic mass is 79.9. The molecule has 146 valence electrons. The van der Waals surface area contributed by atoms with E-state index >= 15 is 0 Å². The normalized spacial score (nSPS) is 10.6. The lowest BCUT2D eigenvalue weighted by molar-refractivity contribution is 0.103. The fourth-order valence-electron chi connectivity index (χ4n) is 3.16. The fraction of sp³-hybridized carbons (Fsp3) is 0. The summed E-state index contributed by atoms with van der Waals surface area (Å²) in [5, 5.41) is 0. The van der Waals surface area contributed by atoms with Gasteiger partial charge < -0.3 is 0 Å². The molecule has 2 nitrogen and oxygen atoms in total. The standard InChI is InChI=1S/C26H16Br2O2/c27-23-13-9-21(10-14-23)25(29)19-5-1-17(2-6-19)18-3-7-20(8-4-18)26(30)22-11-15-24(28)16-12-22/h1-16H. The molecule has 0 saturated carbocycles. The molecule has 4 heteroatoms. The second kappa shape index (κ2) is 8.90. The molecule has 0 aliphatic carbocycles. The van der Waals surface area contributed by atoms with E-state index in [4.69, 9.17) is 0 Å². The number of carbonyl (C=O) groups excluding carboxylic acids is 2. The van der Waals surface area contributed by atoms with Crippen molar-refractivity contribution in [3.8, 4) is 11.1 Å². The van der Waals surface area contributed by atoms with E-state index in [1.165, 1.54) is 0 Å². The first-order valence-electron chi connectivity index (χ1n) is 9.32. The summed E-state index contributed by atoms with van der Waals surface area (Å²) in [4.78, 5) is 25.3. The Labute approximate surface area is 191 Å². The van der Waals surface area contributed by atoms with Gasteiger partial charge >= 0.3 is 0 Å². The molecule has 0 bridgehead atoms. The van der Waals surface area contributed by atoms with Crippen LogP contribution in [0, 0.1) is 0 Å². The van der Waals surface area contributed by atoms with Gasteiger partial charge in [0.05, 0.1) is 0 Å². The average molecular weight is 520 g/mol. The Hall–Kier alpha value is -2.82. The molecular weight excluding hydrogens is 504 g/mol. The van der Waals surface area contributed by atoms with Crippen molar-refractivity contribution in [3.05, 3.63) is 128 Å². The summed E-state index contributed by atoms with van der Waals surface area (Å²) >= 11 is 6.76. The van der Waals surface area contributed by atoms with E-state index in [0.29, 0.717) is 22.3 Å². The van der Waals surface area contributed by atoms with Crippen LogP contribution in [0.3, 0.4) is 0 Å². The van der Waals surface area contributed by atoms with Crippen molar-refractivity contribution >= 4 is 43.4 Å². The molecule has 0 amide bonds. The minimum Gasteiger partial charge on any atom is -0.289 e. The maximum atomic E-state index is 12.6. The third-order valence-corrected chi connectivity index (χ3v) is 5.90. The van der Waals surface area contributed by atoms with E-state index in [2.05, 4.69) is 31.9 Å². The summed E-state index contributed by atoms with van der Waals surface area (Å²) in [7, 11) is 0. The third-order valence-electron chi connectivity index (χ3n) is 4.84. The first-order valence-corrected chi connectivity index (χ1v) is 10.9. The zero-order valence-electron chi connectivity index (χ0n) is 15.8. The summed E-state index contributed by atoms with van der Waals surface area (Å²) in [6.45, 7) is 0. The van der Waals surface area contributed by atoms with E-state index in [1.807, 2.05) is 97.1 Å². The van der Waals surface area contributed by atoms with E-state index in [0.717, 1.165) is 20.1 Å². The van der Waals surface area contributed by atoms with Gasteiger partial charge in [-0.25, -0.2) is 0 Å². The Morgan fingerprint density at radius 3 is 0.900 bits per heavy atom. The number of benzene rings is 4. The van der Waals surface area contributed by atoms with Gasteiger partial charge in [-0.15, -0.1) is 0 Å². The van der Waals surface area contributed by atoms with E-state index in [9.17, 15) is 9.59 Å². The predicted octanol–water partition coefficient (Wildman–Crippen LogP) is 7.34. The van der Waals surface area contributed by atoms with Crippen molar-refractivity contribution < 1.29 is 9.59 Å². The van der Waals surface area contributed by atoms with Crippen molar-refractivity contribution in [2.75, 3.05) is 0 Å². The molecule has 0 fully saturated rings. The summed E-state index contributed by atoms with van der Waals surface area (Å²) < 4.78 is 1.88. The van der Waals surface area contributed by atoms with Crippen molar-refractivity contribution in [1.82, 2.24) is 0 Å². The average Bonchev–Trinajstić information content (AvgIpc) is 2.79. The SMILES string of the molecule is O=C(c1ccc(Br)cc1)c1ccc(-c2ccc(C(=O)c3ccc(Br)cc3)cc2)cc1. The second-order valence-corrected chi connectivity index (χ2v) is 8.66. The van der Waals surface area contributed by atoms with Crippen molar-refractivity contribution in [3.63, 3.8) is 0 Å². The van der Waals surface area contributed by atoms with Crippen LogP contribution in [0.25, 0.3) is 11.1 Å². The van der Waals surface area contributed by atoms with Gasteiger partial charge in [-0.2, -0.15) is 0 Å². The largest absolute Gasteiger partial charge is 0.289 e. The van der Waals surface area contributed by atoms with Gasteiger partial charge in [-0.1, -0.05) is 80.4 Å². The molecular formula is C26H16Br2O2. The zero-order chi connectivity index (χ0) is 21.1. The Bertz CT molecular complexity index is 1090. The maximum absolute atomic E-state index is 12.6. The van der Waals surface area contributed by atoms with Crippen LogP contribution < -0.4 is 0 Å². The van der Waals surface area contributed by atoms with Gasteiger partial charge in [0.2, 0.25) is 0 Å².